The lowest BCUT2D eigenvalue weighted by Gasteiger charge is -2.13. The molecule has 0 aliphatic carbocycles. The first kappa shape index (κ1) is 10.3. The number of aliphatic carboxylic acids is 1. The van der Waals surface area contributed by atoms with Crippen molar-refractivity contribution < 1.29 is 32.5 Å². The van der Waals surface area contributed by atoms with Gasteiger partial charge in [-0.05, 0) is 0 Å². The van der Waals surface area contributed by atoms with E-state index in [0.29, 0.717) is 0 Å². The topological polar surface area (TPSA) is 55.8 Å². The van der Waals surface area contributed by atoms with E-state index < -0.39 is 31.0 Å². The van der Waals surface area contributed by atoms with Gasteiger partial charge in [0.25, 0.3) is 6.29 Å². The Balaban J connectivity index is 2.41. The van der Waals surface area contributed by atoms with Crippen molar-refractivity contribution in [3.8, 4) is 0 Å². The molecule has 2 atom stereocenters. The van der Waals surface area contributed by atoms with Crippen LogP contribution in [-0.4, -0.2) is 36.3 Å². The van der Waals surface area contributed by atoms with Crippen molar-refractivity contribution in [3.63, 3.8) is 0 Å². The van der Waals surface area contributed by atoms with E-state index in [0.717, 1.165) is 0 Å². The van der Waals surface area contributed by atoms with Crippen molar-refractivity contribution in [2.24, 2.45) is 0 Å². The minimum absolute atomic E-state index is 0.337. The molecular weight excluding hydrogens is 193 g/mol. The van der Waals surface area contributed by atoms with Crippen molar-refractivity contribution in [1.29, 1.82) is 0 Å². The standard InChI is InChI=1S/C6H7F3O4/c7-6(8,9)5-12-2-3(13-5)1-4(10)11/h3,5H,1-2H2,(H,10,11). The van der Waals surface area contributed by atoms with Crippen molar-refractivity contribution in [2.75, 3.05) is 6.61 Å². The summed E-state index contributed by atoms with van der Waals surface area (Å²) in [5.74, 6) is -1.21. The lowest BCUT2D eigenvalue weighted by Crippen LogP contribution is -2.30. The van der Waals surface area contributed by atoms with Gasteiger partial charge in [0.2, 0.25) is 0 Å². The Morgan fingerprint density at radius 2 is 2.15 bits per heavy atom. The summed E-state index contributed by atoms with van der Waals surface area (Å²) in [7, 11) is 0. The van der Waals surface area contributed by atoms with Crippen LogP contribution < -0.4 is 0 Å². The molecule has 0 amide bonds. The van der Waals surface area contributed by atoms with Crippen molar-refractivity contribution >= 4 is 5.97 Å². The summed E-state index contributed by atoms with van der Waals surface area (Å²) in [4.78, 5) is 10.1. The monoisotopic (exact) mass is 200 g/mol. The maximum atomic E-state index is 11.9. The Labute approximate surface area is 71.2 Å². The quantitative estimate of drug-likeness (QED) is 0.715. The molecule has 0 spiro atoms. The lowest BCUT2D eigenvalue weighted by atomic mass is 10.3. The van der Waals surface area contributed by atoms with E-state index in [1.807, 2.05) is 0 Å². The van der Waals surface area contributed by atoms with Crippen LogP contribution in [0.1, 0.15) is 6.42 Å². The van der Waals surface area contributed by atoms with Crippen molar-refractivity contribution in [2.45, 2.75) is 25.0 Å². The highest BCUT2D eigenvalue weighted by Gasteiger charge is 2.47. The second kappa shape index (κ2) is 3.51. The Bertz CT molecular complexity index is 203. The number of halogens is 3. The average Bonchev–Trinajstić information content (AvgIpc) is 2.32. The molecule has 0 radical (unpaired) electrons. The van der Waals surface area contributed by atoms with E-state index in [9.17, 15) is 18.0 Å². The largest absolute Gasteiger partial charge is 0.481 e. The SMILES string of the molecule is O=C(O)CC1COC(C(F)(F)F)O1. The molecule has 4 nitrogen and oxygen atoms in total. The Morgan fingerprint density at radius 3 is 2.54 bits per heavy atom. The minimum Gasteiger partial charge on any atom is -0.481 e. The van der Waals surface area contributed by atoms with Gasteiger partial charge in [-0.15, -0.1) is 0 Å². The molecule has 76 valence electrons. The van der Waals surface area contributed by atoms with Crippen LogP contribution in [0, 0.1) is 0 Å². The first-order valence-corrected chi connectivity index (χ1v) is 3.45. The second-order valence-electron chi connectivity index (χ2n) is 2.56. The van der Waals surface area contributed by atoms with Crippen LogP contribution in [0.4, 0.5) is 13.2 Å². The number of carboxylic acid groups (broad SMARTS) is 1. The molecule has 1 saturated heterocycles. The number of hydrogen-bond acceptors (Lipinski definition) is 3. The van der Waals surface area contributed by atoms with E-state index >= 15 is 0 Å². The van der Waals surface area contributed by atoms with E-state index in [-0.39, 0.29) is 6.61 Å². The van der Waals surface area contributed by atoms with Crippen LogP contribution in [0.2, 0.25) is 0 Å². The summed E-state index contributed by atoms with van der Waals surface area (Å²) in [6, 6.07) is 0. The van der Waals surface area contributed by atoms with Gasteiger partial charge in [0, 0.05) is 0 Å². The van der Waals surface area contributed by atoms with Gasteiger partial charge in [0.05, 0.1) is 19.1 Å². The number of rotatable bonds is 2. The van der Waals surface area contributed by atoms with Gasteiger partial charge in [-0.3, -0.25) is 4.79 Å². The molecule has 2 unspecified atom stereocenters. The maximum Gasteiger partial charge on any atom is 0.440 e. The molecule has 0 aromatic rings. The zero-order chi connectivity index (χ0) is 10.1. The van der Waals surface area contributed by atoms with Gasteiger partial charge >= 0.3 is 12.1 Å². The van der Waals surface area contributed by atoms with Gasteiger partial charge in [-0.2, -0.15) is 13.2 Å². The van der Waals surface area contributed by atoms with Crippen molar-refractivity contribution in [3.05, 3.63) is 0 Å². The van der Waals surface area contributed by atoms with E-state index in [2.05, 4.69) is 9.47 Å². The highest BCUT2D eigenvalue weighted by Crippen LogP contribution is 2.29. The third-order valence-corrected chi connectivity index (χ3v) is 1.42. The molecule has 0 saturated carbocycles. The first-order valence-electron chi connectivity index (χ1n) is 3.45. The van der Waals surface area contributed by atoms with E-state index in [4.69, 9.17) is 5.11 Å². The molecule has 0 aromatic heterocycles. The van der Waals surface area contributed by atoms with Crippen LogP contribution >= 0.6 is 0 Å². The molecule has 7 heteroatoms. The average molecular weight is 200 g/mol. The van der Waals surface area contributed by atoms with Gasteiger partial charge in [-0.1, -0.05) is 0 Å². The molecule has 13 heavy (non-hydrogen) atoms. The first-order chi connectivity index (χ1) is 5.89. The highest BCUT2D eigenvalue weighted by atomic mass is 19.4. The maximum absolute atomic E-state index is 11.9. The predicted molar refractivity (Wildman–Crippen MR) is 32.9 cm³/mol. The fourth-order valence-corrected chi connectivity index (χ4v) is 0.922. The molecule has 0 aromatic carbocycles. The molecular formula is C6H7F3O4. The van der Waals surface area contributed by atoms with Crippen LogP contribution in [-0.2, 0) is 14.3 Å². The zero-order valence-corrected chi connectivity index (χ0v) is 6.37. The smallest absolute Gasteiger partial charge is 0.440 e. The molecule has 1 aliphatic heterocycles. The van der Waals surface area contributed by atoms with Gasteiger partial charge < -0.3 is 14.6 Å². The predicted octanol–water partition coefficient (Wildman–Crippen LogP) is 0.765. The summed E-state index contributed by atoms with van der Waals surface area (Å²) in [6.07, 6.45) is -8.36. The summed E-state index contributed by atoms with van der Waals surface area (Å²) >= 11 is 0. The third kappa shape index (κ3) is 2.85. The summed E-state index contributed by atoms with van der Waals surface area (Å²) in [5.41, 5.74) is 0. The molecule has 1 fully saturated rings. The van der Waals surface area contributed by atoms with Crippen LogP contribution in [0.5, 0.6) is 0 Å². The third-order valence-electron chi connectivity index (χ3n) is 1.42. The zero-order valence-electron chi connectivity index (χ0n) is 6.37. The Hall–Kier alpha value is -0.820. The number of carboxylic acids is 1. The van der Waals surface area contributed by atoms with E-state index in [1.54, 1.807) is 0 Å². The molecule has 0 bridgehead atoms. The molecule has 1 heterocycles. The summed E-state index contributed by atoms with van der Waals surface area (Å²) in [6.45, 7) is -0.337. The Kier molecular flexibility index (Phi) is 2.77. The number of carbonyl (C=O) groups is 1. The number of ether oxygens (including phenoxy) is 2. The fraction of sp³-hybridized carbons (Fsp3) is 0.833. The summed E-state index contributed by atoms with van der Waals surface area (Å²) < 4.78 is 44.2. The lowest BCUT2D eigenvalue weighted by molar-refractivity contribution is -0.276. The van der Waals surface area contributed by atoms with Crippen LogP contribution in [0.25, 0.3) is 0 Å². The highest BCUT2D eigenvalue weighted by molar-refractivity contribution is 5.67. The second-order valence-corrected chi connectivity index (χ2v) is 2.56. The van der Waals surface area contributed by atoms with Gasteiger partial charge in [-0.25, -0.2) is 0 Å². The minimum atomic E-state index is -4.59. The number of hydrogen-bond donors (Lipinski definition) is 1. The van der Waals surface area contributed by atoms with Gasteiger partial charge in [0.1, 0.15) is 0 Å². The summed E-state index contributed by atoms with van der Waals surface area (Å²) in [5, 5.41) is 8.25. The molecule has 1 aliphatic rings. The van der Waals surface area contributed by atoms with Gasteiger partial charge in [0.15, 0.2) is 0 Å². The van der Waals surface area contributed by atoms with Crippen LogP contribution in [0.15, 0.2) is 0 Å². The fourth-order valence-electron chi connectivity index (χ4n) is 0.922. The molecule has 1 N–H and O–H groups in total. The van der Waals surface area contributed by atoms with E-state index in [1.165, 1.54) is 0 Å². The Morgan fingerprint density at radius 1 is 1.54 bits per heavy atom. The molecule has 1 rings (SSSR count). The van der Waals surface area contributed by atoms with Crippen molar-refractivity contribution in [1.82, 2.24) is 0 Å². The normalized spacial score (nSPS) is 29.2. The van der Waals surface area contributed by atoms with Crippen LogP contribution in [0.3, 0.4) is 0 Å². The number of alkyl halides is 3.